The second-order valence-electron chi connectivity index (χ2n) is 3.05. The predicted molar refractivity (Wildman–Crippen MR) is 52.3 cm³/mol. The van der Waals surface area contributed by atoms with Crippen LogP contribution in [0.3, 0.4) is 0 Å². The van der Waals surface area contributed by atoms with E-state index in [2.05, 4.69) is 31.0 Å². The maximum Gasteiger partial charge on any atom is 0.497 e. The zero-order chi connectivity index (χ0) is 16.1. The third-order valence-electron chi connectivity index (χ3n) is 1.45. The van der Waals surface area contributed by atoms with Crippen LogP contribution in [0.25, 0.3) is 0 Å². The van der Waals surface area contributed by atoms with Gasteiger partial charge in [0.1, 0.15) is 0 Å². The van der Waals surface area contributed by atoms with E-state index in [0.29, 0.717) is 0 Å². The van der Waals surface area contributed by atoms with E-state index in [1.165, 1.54) is 0 Å². The highest BCUT2D eigenvalue weighted by molar-refractivity contribution is 7.70. The van der Waals surface area contributed by atoms with Crippen molar-refractivity contribution in [3.63, 3.8) is 0 Å². The summed E-state index contributed by atoms with van der Waals surface area (Å²) in [5.41, 5.74) is 0. The molecule has 19 heteroatoms. The lowest BCUT2D eigenvalue weighted by Crippen LogP contribution is -2.24. The van der Waals surface area contributed by atoms with E-state index in [1.54, 1.807) is 0 Å². The van der Waals surface area contributed by atoms with E-state index in [0.717, 1.165) is 0 Å². The number of halogens is 2. The summed E-state index contributed by atoms with van der Waals surface area (Å²) in [4.78, 5) is 16.9. The number of hydrogen-bond acceptors (Lipinski definition) is 11. The first-order valence-electron chi connectivity index (χ1n) is 4.34. The molecule has 0 bridgehead atoms. The highest BCUT2D eigenvalue weighted by Crippen LogP contribution is 2.80. The molecule has 0 aromatic heterocycles. The molecule has 0 radical (unpaired) electrons. The number of alkyl halides is 2. The van der Waals surface area contributed by atoms with Crippen LogP contribution in [0.2, 0.25) is 0 Å². The molecule has 13 nitrogen and oxygen atoms in total. The van der Waals surface area contributed by atoms with Gasteiger partial charge in [-0.05, 0) is 0 Å². The molecule has 2 aliphatic rings. The van der Waals surface area contributed by atoms with Crippen molar-refractivity contribution in [2.45, 2.75) is 13.1 Å². The van der Waals surface area contributed by atoms with Gasteiger partial charge in [-0.1, -0.05) is 0 Å². The van der Waals surface area contributed by atoms with Gasteiger partial charge in [0.05, 0.1) is 0 Å². The average Bonchev–Trinajstić information content (AvgIpc) is 2.05. The van der Waals surface area contributed by atoms with Crippen LogP contribution in [-0.2, 0) is 49.3 Å². The van der Waals surface area contributed by atoms with Gasteiger partial charge in [-0.2, -0.15) is 21.7 Å². The van der Waals surface area contributed by atoms with Gasteiger partial charge in [-0.3, -0.25) is 0 Å². The third kappa shape index (κ3) is 4.69. The highest BCUT2D eigenvalue weighted by atomic mass is 31.3. The first-order chi connectivity index (χ1) is 9.32. The molecule has 124 valence electrons. The van der Waals surface area contributed by atoms with Gasteiger partial charge in [0, 0.05) is 0 Å². The minimum Gasteiger partial charge on any atom is -0.302 e. The lowest BCUT2D eigenvalue weighted by molar-refractivity contribution is -0.198. The number of phosphoric acid groups is 4. The van der Waals surface area contributed by atoms with Crippen molar-refractivity contribution in [3.8, 4) is 0 Å². The largest absolute Gasteiger partial charge is 0.497 e. The highest BCUT2D eigenvalue weighted by Gasteiger charge is 2.59. The van der Waals surface area contributed by atoms with Crippen LogP contribution >= 0.6 is 31.3 Å². The van der Waals surface area contributed by atoms with Crippen molar-refractivity contribution >= 4 is 31.3 Å². The van der Waals surface area contributed by atoms with Crippen molar-refractivity contribution in [1.82, 2.24) is 0 Å². The Morgan fingerprint density at radius 3 is 1.81 bits per heavy atom. The summed E-state index contributed by atoms with van der Waals surface area (Å²) in [6.45, 7) is -5.67. The molecule has 3 unspecified atom stereocenters. The van der Waals surface area contributed by atoms with Crippen LogP contribution in [0, 0.1) is 0 Å². The average molecular weight is 398 g/mol. The maximum atomic E-state index is 13.0. The summed E-state index contributed by atoms with van der Waals surface area (Å²) >= 11 is 0. The molecule has 2 rings (SSSR count). The summed E-state index contributed by atoms with van der Waals surface area (Å²) in [5.74, 6) is 0. The Kier molecular flexibility index (Phi) is 4.65. The third-order valence-corrected chi connectivity index (χ3v) is 8.00. The summed E-state index contributed by atoms with van der Waals surface area (Å²) in [6.07, 6.45) is 0. The molecule has 2 saturated heterocycles. The van der Waals surface area contributed by atoms with Crippen molar-refractivity contribution < 1.29 is 67.9 Å². The normalized spacial score (nSPS) is 47.8. The molecule has 0 amide bonds. The fourth-order valence-corrected chi connectivity index (χ4v) is 6.64. The monoisotopic (exact) mass is 398 g/mol. The van der Waals surface area contributed by atoms with E-state index in [-0.39, 0.29) is 0 Å². The summed E-state index contributed by atoms with van der Waals surface area (Å²) < 4.78 is 96.4. The van der Waals surface area contributed by atoms with Gasteiger partial charge in [-0.25, -0.2) is 36.4 Å². The van der Waals surface area contributed by atoms with Gasteiger partial charge >= 0.3 is 44.4 Å². The Balaban J connectivity index is 2.17. The van der Waals surface area contributed by atoms with Crippen LogP contribution in [0.5, 0.6) is 0 Å². The summed E-state index contributed by atoms with van der Waals surface area (Å²) in [7, 11) is -21.2. The second kappa shape index (κ2) is 5.50. The molecule has 0 saturated carbocycles. The molecule has 3 atom stereocenters. The Hall–Kier alpha value is 0.420. The molecular formula is C2H4F2O13P4. The molecule has 2 fully saturated rings. The smallest absolute Gasteiger partial charge is 0.302 e. The lowest BCUT2D eigenvalue weighted by atomic mass is 11.4. The van der Waals surface area contributed by atoms with Gasteiger partial charge in [-0.15, -0.1) is 0 Å². The zero-order valence-electron chi connectivity index (χ0n) is 9.08. The van der Waals surface area contributed by atoms with Crippen molar-refractivity contribution in [3.05, 3.63) is 0 Å². The minimum atomic E-state index is -5.54. The Morgan fingerprint density at radius 2 is 1.33 bits per heavy atom. The second-order valence-corrected chi connectivity index (χ2v) is 9.51. The number of hydrogen-bond donors (Lipinski definition) is 2. The van der Waals surface area contributed by atoms with Gasteiger partial charge in [0.15, 0.2) is 0 Å². The summed E-state index contributed by atoms with van der Waals surface area (Å²) in [6, 6.07) is 0. The van der Waals surface area contributed by atoms with Crippen molar-refractivity contribution in [1.29, 1.82) is 0 Å². The minimum absolute atomic E-state index is 2.50. The molecule has 0 aromatic carbocycles. The van der Waals surface area contributed by atoms with E-state index < -0.39 is 44.4 Å². The summed E-state index contributed by atoms with van der Waals surface area (Å²) in [5, 5.41) is 0. The van der Waals surface area contributed by atoms with Crippen LogP contribution in [0.1, 0.15) is 0 Å². The molecule has 2 heterocycles. The Morgan fingerprint density at radius 1 is 0.905 bits per heavy atom. The predicted octanol–water partition coefficient (Wildman–Crippen LogP) is 2.05. The zero-order valence-corrected chi connectivity index (χ0v) is 12.7. The van der Waals surface area contributed by atoms with Crippen molar-refractivity contribution in [2.24, 2.45) is 0 Å². The molecule has 0 spiro atoms. The SMILES string of the molecule is O=P(O)(O)OP1(=O)OC(F)OP(=O)(OP2(=O)OC(F)O2)O1. The van der Waals surface area contributed by atoms with E-state index >= 15 is 0 Å². The standard InChI is InChI=1S/C2H4F2O13P4/c3-1-11-19(8,12-1)16-21(10)14-2(4)13-20(9,17-21)15-18(5,6)7/h1-2H,(H2,5,6,7). The van der Waals surface area contributed by atoms with Gasteiger partial charge < -0.3 is 9.79 Å². The molecule has 2 N–H and O–H groups in total. The van der Waals surface area contributed by atoms with Gasteiger partial charge in [0.25, 0.3) is 0 Å². The molecule has 0 aromatic rings. The van der Waals surface area contributed by atoms with Crippen molar-refractivity contribution in [2.75, 3.05) is 0 Å². The topological polar surface area (TPSA) is 173 Å². The Labute approximate surface area is 113 Å². The molecule has 0 aliphatic carbocycles. The number of rotatable bonds is 4. The van der Waals surface area contributed by atoms with E-state index in [1.807, 2.05) is 0 Å². The van der Waals surface area contributed by atoms with Gasteiger partial charge in [0.2, 0.25) is 0 Å². The van der Waals surface area contributed by atoms with Crippen LogP contribution < -0.4 is 0 Å². The quantitative estimate of drug-likeness (QED) is 0.659. The Bertz CT molecular complexity index is 599. The molecule has 2 aliphatic heterocycles. The van der Waals surface area contributed by atoms with E-state index in [9.17, 15) is 27.0 Å². The fourth-order valence-electron chi connectivity index (χ4n) is 0.954. The first kappa shape index (κ1) is 17.8. The van der Waals surface area contributed by atoms with Crippen LogP contribution in [0.15, 0.2) is 0 Å². The molecular weight excluding hydrogens is 394 g/mol. The first-order valence-corrected chi connectivity index (χ1v) is 10.2. The fraction of sp³-hybridized carbons (Fsp3) is 1.00. The number of phosphoric ester groups is 1. The van der Waals surface area contributed by atoms with Crippen LogP contribution in [-0.4, -0.2) is 22.9 Å². The lowest BCUT2D eigenvalue weighted by Gasteiger charge is -2.33. The van der Waals surface area contributed by atoms with E-state index in [4.69, 9.17) is 9.79 Å². The van der Waals surface area contributed by atoms with Crippen LogP contribution in [0.4, 0.5) is 8.78 Å². The maximum absolute atomic E-state index is 13.0. The molecule has 21 heavy (non-hydrogen) atoms.